The van der Waals surface area contributed by atoms with Crippen LogP contribution in [0.4, 0.5) is 0 Å². The number of nitrogens with one attached hydrogen (secondary N) is 2. The molecule has 2 saturated heterocycles. The molecule has 31 heavy (non-hydrogen) atoms. The van der Waals surface area contributed by atoms with Crippen molar-refractivity contribution in [2.24, 2.45) is 10.9 Å². The van der Waals surface area contributed by atoms with Crippen molar-refractivity contribution in [1.29, 1.82) is 0 Å². The van der Waals surface area contributed by atoms with Crippen LogP contribution in [0.15, 0.2) is 29.3 Å². The molecule has 2 aliphatic rings. The number of rotatable bonds is 8. The normalized spacial score (nSPS) is 19.8. The van der Waals surface area contributed by atoms with Gasteiger partial charge < -0.3 is 15.5 Å². The number of aryl methyl sites for hydroxylation is 1. The van der Waals surface area contributed by atoms with Crippen molar-refractivity contribution in [2.45, 2.75) is 65.5 Å². The Morgan fingerprint density at radius 2 is 1.68 bits per heavy atom. The van der Waals surface area contributed by atoms with Crippen LogP contribution in [0.2, 0.25) is 0 Å². The standard InChI is InChI=1S/C25H43N5.HI/c1-4-26-25(27-15-10-22-11-16-29(5-2)17-12-22)28-24-13-18-30(19-14-24)20-23-9-7-6-8-21(23)3;/h6-9,22,24H,4-5,10-20H2,1-3H3,(H2,26,27,28);1H. The number of aliphatic imine (C=N–C) groups is 1. The molecule has 2 aliphatic heterocycles. The van der Waals surface area contributed by atoms with E-state index in [2.05, 4.69) is 65.5 Å². The van der Waals surface area contributed by atoms with Crippen LogP contribution in [0.5, 0.6) is 0 Å². The molecule has 2 fully saturated rings. The summed E-state index contributed by atoms with van der Waals surface area (Å²) in [6.07, 6.45) is 6.28. The molecule has 1 aromatic rings. The minimum atomic E-state index is 0. The predicted octanol–water partition coefficient (Wildman–Crippen LogP) is 4.25. The van der Waals surface area contributed by atoms with Crippen molar-refractivity contribution >= 4 is 29.9 Å². The van der Waals surface area contributed by atoms with Gasteiger partial charge in [-0.3, -0.25) is 9.89 Å². The molecule has 3 rings (SSSR count). The Bertz CT molecular complexity index is 649. The first kappa shape index (κ1) is 26.4. The lowest BCUT2D eigenvalue weighted by Gasteiger charge is -2.33. The highest BCUT2D eigenvalue weighted by molar-refractivity contribution is 14.0. The highest BCUT2D eigenvalue weighted by atomic mass is 127. The molecule has 6 heteroatoms. The van der Waals surface area contributed by atoms with Gasteiger partial charge >= 0.3 is 0 Å². The van der Waals surface area contributed by atoms with E-state index < -0.39 is 0 Å². The fourth-order valence-corrected chi connectivity index (χ4v) is 4.73. The molecule has 0 bridgehead atoms. The highest BCUT2D eigenvalue weighted by Crippen LogP contribution is 2.20. The van der Waals surface area contributed by atoms with Gasteiger partial charge in [0.1, 0.15) is 0 Å². The molecule has 176 valence electrons. The van der Waals surface area contributed by atoms with Gasteiger partial charge in [-0.25, -0.2) is 0 Å². The second kappa shape index (κ2) is 14.3. The summed E-state index contributed by atoms with van der Waals surface area (Å²) in [5, 5.41) is 7.17. The van der Waals surface area contributed by atoms with Crippen molar-refractivity contribution in [2.75, 3.05) is 45.8 Å². The maximum absolute atomic E-state index is 4.91. The number of hydrogen-bond acceptors (Lipinski definition) is 3. The van der Waals surface area contributed by atoms with E-state index in [1.54, 1.807) is 0 Å². The summed E-state index contributed by atoms with van der Waals surface area (Å²) < 4.78 is 0. The zero-order chi connectivity index (χ0) is 21.2. The van der Waals surface area contributed by atoms with Gasteiger partial charge in [0.05, 0.1) is 0 Å². The number of likely N-dealkylation sites (tertiary alicyclic amines) is 2. The fraction of sp³-hybridized carbons (Fsp3) is 0.720. The molecule has 0 aliphatic carbocycles. The van der Waals surface area contributed by atoms with Crippen LogP contribution in [0.3, 0.4) is 0 Å². The van der Waals surface area contributed by atoms with Crippen LogP contribution in [0, 0.1) is 12.8 Å². The van der Waals surface area contributed by atoms with E-state index in [1.165, 1.54) is 62.9 Å². The van der Waals surface area contributed by atoms with Crippen molar-refractivity contribution in [3.8, 4) is 0 Å². The van der Waals surface area contributed by atoms with Gasteiger partial charge in [0, 0.05) is 38.8 Å². The van der Waals surface area contributed by atoms with Crippen molar-refractivity contribution in [1.82, 2.24) is 20.4 Å². The maximum Gasteiger partial charge on any atom is 0.191 e. The van der Waals surface area contributed by atoms with Crippen molar-refractivity contribution in [3.05, 3.63) is 35.4 Å². The second-order valence-corrected chi connectivity index (χ2v) is 9.05. The first-order valence-corrected chi connectivity index (χ1v) is 12.2. The van der Waals surface area contributed by atoms with Crippen LogP contribution in [0.1, 0.15) is 57.1 Å². The van der Waals surface area contributed by atoms with E-state index in [-0.39, 0.29) is 24.0 Å². The highest BCUT2D eigenvalue weighted by Gasteiger charge is 2.21. The molecule has 1 aromatic carbocycles. The third-order valence-corrected chi connectivity index (χ3v) is 6.89. The Hall–Kier alpha value is -0.860. The molecule has 5 nitrogen and oxygen atoms in total. The van der Waals surface area contributed by atoms with E-state index in [0.717, 1.165) is 44.6 Å². The summed E-state index contributed by atoms with van der Waals surface area (Å²) in [5.41, 5.74) is 2.86. The monoisotopic (exact) mass is 541 g/mol. The zero-order valence-corrected chi connectivity index (χ0v) is 22.2. The summed E-state index contributed by atoms with van der Waals surface area (Å²) in [4.78, 5) is 10.1. The molecule has 0 unspecified atom stereocenters. The number of piperidine rings is 2. The Morgan fingerprint density at radius 1 is 1.00 bits per heavy atom. The van der Waals surface area contributed by atoms with E-state index in [9.17, 15) is 0 Å². The largest absolute Gasteiger partial charge is 0.357 e. The van der Waals surface area contributed by atoms with Gasteiger partial charge in [-0.1, -0.05) is 31.2 Å². The number of benzene rings is 1. The SMILES string of the molecule is CCNC(=NCCC1CCN(CC)CC1)NC1CCN(Cc2ccccc2C)CC1.I. The van der Waals surface area contributed by atoms with Gasteiger partial charge in [0.2, 0.25) is 0 Å². The van der Waals surface area contributed by atoms with Gasteiger partial charge in [-0.15, -0.1) is 24.0 Å². The number of nitrogens with zero attached hydrogens (tertiary/aromatic N) is 3. The maximum atomic E-state index is 4.91. The van der Waals surface area contributed by atoms with E-state index >= 15 is 0 Å². The lowest BCUT2D eigenvalue weighted by Crippen LogP contribution is -2.48. The molecule has 0 atom stereocenters. The molecular formula is C25H44IN5. The minimum absolute atomic E-state index is 0. The van der Waals surface area contributed by atoms with E-state index in [0.29, 0.717) is 6.04 Å². The topological polar surface area (TPSA) is 42.9 Å². The van der Waals surface area contributed by atoms with Crippen molar-refractivity contribution in [3.63, 3.8) is 0 Å². The van der Waals surface area contributed by atoms with E-state index in [1.807, 2.05) is 0 Å². The Labute approximate surface area is 207 Å². The molecule has 0 aromatic heterocycles. The average molecular weight is 542 g/mol. The molecule has 2 N–H and O–H groups in total. The molecule has 0 radical (unpaired) electrons. The Morgan fingerprint density at radius 3 is 2.32 bits per heavy atom. The lowest BCUT2D eigenvalue weighted by molar-refractivity contribution is 0.188. The number of halogens is 1. The molecular weight excluding hydrogens is 497 g/mol. The molecule has 2 heterocycles. The smallest absolute Gasteiger partial charge is 0.191 e. The molecule has 0 saturated carbocycles. The summed E-state index contributed by atoms with van der Waals surface area (Å²) in [5.74, 6) is 1.87. The van der Waals surface area contributed by atoms with Crippen LogP contribution in [0.25, 0.3) is 0 Å². The number of guanidine groups is 1. The molecule has 0 spiro atoms. The lowest BCUT2D eigenvalue weighted by atomic mass is 9.94. The summed E-state index contributed by atoms with van der Waals surface area (Å²) >= 11 is 0. The Kier molecular flexibility index (Phi) is 12.2. The van der Waals surface area contributed by atoms with Gasteiger partial charge in [-0.05, 0) is 82.6 Å². The van der Waals surface area contributed by atoms with Crippen LogP contribution >= 0.6 is 24.0 Å². The zero-order valence-electron chi connectivity index (χ0n) is 19.9. The summed E-state index contributed by atoms with van der Waals surface area (Å²) in [7, 11) is 0. The van der Waals surface area contributed by atoms with Crippen LogP contribution in [-0.2, 0) is 6.54 Å². The van der Waals surface area contributed by atoms with Crippen LogP contribution in [-0.4, -0.2) is 67.6 Å². The van der Waals surface area contributed by atoms with Crippen LogP contribution < -0.4 is 10.6 Å². The third-order valence-electron chi connectivity index (χ3n) is 6.89. The summed E-state index contributed by atoms with van der Waals surface area (Å²) in [6.45, 7) is 15.6. The van der Waals surface area contributed by atoms with E-state index in [4.69, 9.17) is 4.99 Å². The fourth-order valence-electron chi connectivity index (χ4n) is 4.73. The molecule has 0 amide bonds. The third kappa shape index (κ3) is 8.89. The summed E-state index contributed by atoms with van der Waals surface area (Å²) in [6, 6.07) is 9.30. The predicted molar refractivity (Wildman–Crippen MR) is 143 cm³/mol. The van der Waals surface area contributed by atoms with Crippen molar-refractivity contribution < 1.29 is 0 Å². The quantitative estimate of drug-likeness (QED) is 0.294. The van der Waals surface area contributed by atoms with Gasteiger partial charge in [0.15, 0.2) is 5.96 Å². The Balaban J connectivity index is 0.00000341. The minimum Gasteiger partial charge on any atom is -0.357 e. The van der Waals surface area contributed by atoms with Gasteiger partial charge in [0.25, 0.3) is 0 Å². The first-order chi connectivity index (χ1) is 14.7. The average Bonchev–Trinajstić information content (AvgIpc) is 2.77. The first-order valence-electron chi connectivity index (χ1n) is 12.2. The number of hydrogen-bond donors (Lipinski definition) is 2. The van der Waals surface area contributed by atoms with Gasteiger partial charge in [-0.2, -0.15) is 0 Å². The second-order valence-electron chi connectivity index (χ2n) is 9.05.